The fraction of sp³-hybridized carbons (Fsp3) is 0.111. The molecular weight excluding hydrogens is 269 g/mol. The van der Waals surface area contributed by atoms with Gasteiger partial charge in [-0.1, -0.05) is 28.4 Å². The van der Waals surface area contributed by atoms with Crippen molar-refractivity contribution in [2.75, 3.05) is 4.72 Å². The fourth-order valence-electron chi connectivity index (χ4n) is 0.971. The molecule has 0 saturated carbocycles. The van der Waals surface area contributed by atoms with Crippen molar-refractivity contribution >= 4 is 41.0 Å². The van der Waals surface area contributed by atoms with E-state index < -0.39 is 0 Å². The highest BCUT2D eigenvalue weighted by Gasteiger charge is 2.11. The van der Waals surface area contributed by atoms with Crippen LogP contribution in [0.5, 0.6) is 0 Å². The first-order valence-electron chi connectivity index (χ1n) is 4.33. The summed E-state index contributed by atoms with van der Waals surface area (Å²) in [7, 11) is 0. The van der Waals surface area contributed by atoms with Crippen LogP contribution in [-0.2, 0) is 0 Å². The second-order valence-corrected chi connectivity index (χ2v) is 4.49. The quantitative estimate of drug-likeness (QED) is 0.682. The molecule has 0 fully saturated rings. The Labute approximate surface area is 106 Å². The van der Waals surface area contributed by atoms with Gasteiger partial charge in [-0.3, -0.25) is 4.72 Å². The Hall–Kier alpha value is -0.910. The minimum Gasteiger partial charge on any atom is -0.336 e. The molecule has 7 heteroatoms. The van der Waals surface area contributed by atoms with Crippen molar-refractivity contribution in [2.24, 2.45) is 0 Å². The smallest absolute Gasteiger partial charge is 0.253 e. The van der Waals surface area contributed by atoms with E-state index in [-0.39, 0.29) is 0 Å². The summed E-state index contributed by atoms with van der Waals surface area (Å²) >= 11 is 13.1. The van der Waals surface area contributed by atoms with Crippen LogP contribution in [0.1, 0.15) is 5.69 Å². The Morgan fingerprint density at radius 3 is 2.88 bits per heavy atom. The number of nitrogens with one attached hydrogen (secondary N) is 1. The van der Waals surface area contributed by atoms with Crippen molar-refractivity contribution < 1.29 is 4.52 Å². The Morgan fingerprint density at radius 1 is 1.44 bits per heavy atom. The number of aromatic nitrogens is 2. The molecule has 0 spiro atoms. The number of rotatable bonds is 3. The molecule has 0 saturated heterocycles. The predicted octanol–water partition coefficient (Wildman–Crippen LogP) is 3.80. The molecule has 16 heavy (non-hydrogen) atoms. The lowest BCUT2D eigenvalue weighted by molar-refractivity contribution is 0.431. The lowest BCUT2D eigenvalue weighted by Gasteiger charge is -2.02. The number of hydrogen-bond donors (Lipinski definition) is 1. The van der Waals surface area contributed by atoms with E-state index in [9.17, 15) is 0 Å². The summed E-state index contributed by atoms with van der Waals surface area (Å²) < 4.78 is 7.90. The molecule has 0 bridgehead atoms. The minimum atomic E-state index is 0.407. The maximum Gasteiger partial charge on any atom is 0.253 e. The van der Waals surface area contributed by atoms with Crippen LogP contribution in [0.15, 0.2) is 27.7 Å². The van der Waals surface area contributed by atoms with E-state index in [0.29, 0.717) is 21.8 Å². The van der Waals surface area contributed by atoms with Crippen molar-refractivity contribution in [2.45, 2.75) is 11.8 Å². The number of hydrogen-bond acceptors (Lipinski definition) is 5. The molecule has 1 N–H and O–H groups in total. The molecule has 2 aromatic rings. The van der Waals surface area contributed by atoms with E-state index in [2.05, 4.69) is 14.9 Å². The number of nitrogens with zero attached hydrogens (tertiary/aromatic N) is 2. The zero-order chi connectivity index (χ0) is 11.5. The van der Waals surface area contributed by atoms with Crippen LogP contribution in [0.4, 0.5) is 5.88 Å². The topological polar surface area (TPSA) is 51.0 Å². The summed E-state index contributed by atoms with van der Waals surface area (Å²) in [5.41, 5.74) is 0.641. The van der Waals surface area contributed by atoms with Gasteiger partial charge >= 0.3 is 0 Å². The Balaban J connectivity index is 2.08. The summed E-state index contributed by atoms with van der Waals surface area (Å²) in [6, 6.07) is 3.63. The number of aryl methyl sites for hydroxylation is 1. The first kappa shape index (κ1) is 11.6. The van der Waals surface area contributed by atoms with E-state index in [0.717, 1.165) is 4.90 Å². The van der Waals surface area contributed by atoms with Gasteiger partial charge in [0.2, 0.25) is 0 Å². The van der Waals surface area contributed by atoms with Crippen molar-refractivity contribution in [3.63, 3.8) is 0 Å². The van der Waals surface area contributed by atoms with Crippen LogP contribution in [0, 0.1) is 6.92 Å². The fourth-order valence-corrected chi connectivity index (χ4v) is 2.00. The van der Waals surface area contributed by atoms with E-state index in [4.69, 9.17) is 27.7 Å². The van der Waals surface area contributed by atoms with Crippen LogP contribution in [0.2, 0.25) is 10.2 Å². The average Bonchev–Trinajstić information content (AvgIpc) is 2.59. The van der Waals surface area contributed by atoms with Crippen LogP contribution < -0.4 is 4.72 Å². The average molecular weight is 276 g/mol. The molecule has 0 aliphatic rings. The van der Waals surface area contributed by atoms with E-state index >= 15 is 0 Å². The molecule has 0 aromatic carbocycles. The van der Waals surface area contributed by atoms with Crippen molar-refractivity contribution in [1.29, 1.82) is 0 Å². The Kier molecular flexibility index (Phi) is 3.58. The van der Waals surface area contributed by atoms with Crippen molar-refractivity contribution in [1.82, 2.24) is 10.1 Å². The molecule has 2 rings (SSSR count). The summed E-state index contributed by atoms with van der Waals surface area (Å²) in [6.07, 6.45) is 1.62. The standard InChI is InChI=1S/C9H7Cl2N3OS/c1-5-7(10)9(15-13-5)14-16-6-3-2-4-12-8(6)11/h2-4,14H,1H3. The molecule has 4 nitrogen and oxygen atoms in total. The third-order valence-electron chi connectivity index (χ3n) is 1.77. The third-order valence-corrected chi connectivity index (χ3v) is 3.46. The number of halogens is 2. The zero-order valence-electron chi connectivity index (χ0n) is 8.20. The number of pyridine rings is 1. The zero-order valence-corrected chi connectivity index (χ0v) is 10.5. The molecule has 0 atom stereocenters. The van der Waals surface area contributed by atoms with Gasteiger partial charge in [0.15, 0.2) is 0 Å². The molecule has 84 valence electrons. The molecule has 2 heterocycles. The largest absolute Gasteiger partial charge is 0.336 e. The first-order chi connectivity index (χ1) is 7.68. The highest BCUT2D eigenvalue weighted by molar-refractivity contribution is 8.00. The SMILES string of the molecule is Cc1noc(NSc2cccnc2Cl)c1Cl. The Bertz CT molecular complexity index is 503. The van der Waals surface area contributed by atoms with E-state index in [1.165, 1.54) is 11.9 Å². The summed E-state index contributed by atoms with van der Waals surface area (Å²) in [6.45, 7) is 1.76. The van der Waals surface area contributed by atoms with Gasteiger partial charge in [0.1, 0.15) is 15.9 Å². The third kappa shape index (κ3) is 2.42. The van der Waals surface area contributed by atoms with Gasteiger partial charge in [0, 0.05) is 6.20 Å². The van der Waals surface area contributed by atoms with Crippen LogP contribution in [-0.4, -0.2) is 10.1 Å². The maximum atomic E-state index is 5.93. The minimum absolute atomic E-state index is 0.407. The molecule has 0 aliphatic carbocycles. The van der Waals surface area contributed by atoms with Crippen LogP contribution >= 0.6 is 35.1 Å². The van der Waals surface area contributed by atoms with Crippen LogP contribution in [0.3, 0.4) is 0 Å². The van der Waals surface area contributed by atoms with Gasteiger partial charge in [-0.05, 0) is 31.0 Å². The molecule has 0 aliphatic heterocycles. The van der Waals surface area contributed by atoms with Gasteiger partial charge in [-0.2, -0.15) is 0 Å². The second-order valence-electron chi connectivity index (χ2n) is 2.91. The molecule has 0 radical (unpaired) electrons. The second kappa shape index (κ2) is 4.95. The van der Waals surface area contributed by atoms with Crippen LogP contribution in [0.25, 0.3) is 0 Å². The highest BCUT2D eigenvalue weighted by atomic mass is 35.5. The maximum absolute atomic E-state index is 5.93. The molecule has 2 aromatic heterocycles. The lowest BCUT2D eigenvalue weighted by Crippen LogP contribution is -1.87. The summed E-state index contributed by atoms with van der Waals surface area (Å²) in [5, 5.41) is 4.61. The first-order valence-corrected chi connectivity index (χ1v) is 5.91. The molecular formula is C9H7Cl2N3OS. The van der Waals surface area contributed by atoms with Gasteiger partial charge in [-0.15, -0.1) is 0 Å². The predicted molar refractivity (Wildman–Crippen MR) is 65.0 cm³/mol. The lowest BCUT2D eigenvalue weighted by atomic mass is 10.5. The van der Waals surface area contributed by atoms with Gasteiger partial charge in [-0.25, -0.2) is 4.98 Å². The summed E-state index contributed by atoms with van der Waals surface area (Å²) in [4.78, 5) is 4.73. The highest BCUT2D eigenvalue weighted by Crippen LogP contribution is 2.31. The van der Waals surface area contributed by atoms with E-state index in [1.807, 2.05) is 6.07 Å². The monoisotopic (exact) mass is 275 g/mol. The van der Waals surface area contributed by atoms with Gasteiger partial charge < -0.3 is 4.52 Å². The molecule has 0 amide bonds. The van der Waals surface area contributed by atoms with E-state index in [1.54, 1.807) is 19.2 Å². The Morgan fingerprint density at radius 2 is 2.25 bits per heavy atom. The molecule has 0 unspecified atom stereocenters. The number of anilines is 1. The van der Waals surface area contributed by atoms with Gasteiger partial charge in [0.05, 0.1) is 4.90 Å². The summed E-state index contributed by atoms with van der Waals surface area (Å²) in [5.74, 6) is 0.407. The van der Waals surface area contributed by atoms with Crippen molar-refractivity contribution in [3.05, 3.63) is 34.2 Å². The normalized spacial score (nSPS) is 10.4. The van der Waals surface area contributed by atoms with Crippen molar-refractivity contribution in [3.8, 4) is 0 Å². The van der Waals surface area contributed by atoms with Gasteiger partial charge in [0.25, 0.3) is 5.88 Å².